The lowest BCUT2D eigenvalue weighted by Crippen LogP contribution is -2.38. The molecule has 2 aliphatic rings. The molecule has 5 rings (SSSR count). The Morgan fingerprint density at radius 1 is 0.865 bits per heavy atom. The first-order valence-electron chi connectivity index (χ1n) is 13.5. The van der Waals surface area contributed by atoms with Crippen LogP contribution in [0.4, 0.5) is 11.4 Å². The van der Waals surface area contributed by atoms with Gasteiger partial charge in [0.15, 0.2) is 5.78 Å². The lowest BCUT2D eigenvalue weighted by atomic mass is 9.78. The van der Waals surface area contributed by atoms with Gasteiger partial charge in [0.05, 0.1) is 17.4 Å². The highest BCUT2D eigenvalue weighted by molar-refractivity contribution is 6.06. The largest absolute Gasteiger partial charge is 0.357 e. The lowest BCUT2D eigenvalue weighted by Gasteiger charge is -2.35. The molecular formula is C33H36N2O2. The SMILES string of the molecule is CCCCCC(=O)N1c2ccccc2NC2=C(C(=O)C[C@H](c3ccc(C)cc3)C2)[C@@H]1c1ccc(C)cc1. The van der Waals surface area contributed by atoms with Gasteiger partial charge in [0, 0.05) is 24.1 Å². The van der Waals surface area contributed by atoms with Gasteiger partial charge >= 0.3 is 0 Å². The molecule has 190 valence electrons. The number of fused-ring (bicyclic) bond motifs is 1. The number of rotatable bonds is 6. The molecule has 1 aliphatic carbocycles. The Labute approximate surface area is 220 Å². The summed E-state index contributed by atoms with van der Waals surface area (Å²) in [5.74, 6) is 0.288. The van der Waals surface area contributed by atoms with Crippen molar-refractivity contribution in [3.8, 4) is 0 Å². The number of nitrogens with zero attached hydrogens (tertiary/aromatic N) is 1. The summed E-state index contributed by atoms with van der Waals surface area (Å²) >= 11 is 0. The van der Waals surface area contributed by atoms with Crippen LogP contribution in [0.2, 0.25) is 0 Å². The molecule has 1 heterocycles. The number of allylic oxidation sites excluding steroid dienone is 1. The van der Waals surface area contributed by atoms with Gasteiger partial charge in [-0.3, -0.25) is 14.5 Å². The Hall–Kier alpha value is -3.66. The van der Waals surface area contributed by atoms with Crippen LogP contribution in [0.3, 0.4) is 0 Å². The average molecular weight is 493 g/mol. The fraction of sp³-hybridized carbons (Fsp3) is 0.333. The minimum absolute atomic E-state index is 0.0653. The molecule has 0 aromatic heterocycles. The molecule has 0 radical (unpaired) electrons. The van der Waals surface area contributed by atoms with Gasteiger partial charge in [0.2, 0.25) is 5.91 Å². The minimum atomic E-state index is -0.452. The molecular weight excluding hydrogens is 456 g/mol. The highest BCUT2D eigenvalue weighted by Gasteiger charge is 2.41. The fourth-order valence-electron chi connectivity index (χ4n) is 5.65. The monoisotopic (exact) mass is 492 g/mol. The Morgan fingerprint density at radius 2 is 1.51 bits per heavy atom. The van der Waals surface area contributed by atoms with Crippen molar-refractivity contribution in [1.29, 1.82) is 0 Å². The predicted molar refractivity (Wildman–Crippen MR) is 151 cm³/mol. The zero-order valence-electron chi connectivity index (χ0n) is 22.1. The van der Waals surface area contributed by atoms with Crippen LogP contribution in [0, 0.1) is 13.8 Å². The Morgan fingerprint density at radius 3 is 2.19 bits per heavy atom. The van der Waals surface area contributed by atoms with Crippen molar-refractivity contribution < 1.29 is 9.59 Å². The van der Waals surface area contributed by atoms with Crippen molar-refractivity contribution in [2.45, 2.75) is 71.3 Å². The van der Waals surface area contributed by atoms with Crippen LogP contribution in [-0.4, -0.2) is 11.7 Å². The molecule has 0 saturated carbocycles. The second kappa shape index (κ2) is 10.8. The highest BCUT2D eigenvalue weighted by atomic mass is 16.2. The normalized spacial score (nSPS) is 19.1. The fourth-order valence-corrected chi connectivity index (χ4v) is 5.65. The summed E-state index contributed by atoms with van der Waals surface area (Å²) in [6, 6.07) is 24.3. The first-order chi connectivity index (χ1) is 18.0. The number of anilines is 2. The number of amides is 1. The molecule has 1 amide bonds. The smallest absolute Gasteiger partial charge is 0.227 e. The molecule has 0 spiro atoms. The molecule has 37 heavy (non-hydrogen) atoms. The first kappa shape index (κ1) is 25.0. The molecule has 0 saturated heterocycles. The Balaban J connectivity index is 1.65. The number of carbonyl (C=O) groups excluding carboxylic acids is 2. The standard InChI is InChI=1S/C33H36N2O2/c1-4-5-6-11-31(37)35-29-10-8-7-9-27(29)34-28-20-26(24-16-12-22(2)13-17-24)21-30(36)32(28)33(35)25-18-14-23(3)15-19-25/h7-10,12-19,26,33-34H,4-6,11,20-21H2,1-3H3/t26-,33+/m1/s1. The second-order valence-corrected chi connectivity index (χ2v) is 10.5. The molecule has 4 nitrogen and oxygen atoms in total. The van der Waals surface area contributed by atoms with Crippen LogP contribution in [0.15, 0.2) is 84.1 Å². The van der Waals surface area contributed by atoms with Gasteiger partial charge in [-0.25, -0.2) is 0 Å². The van der Waals surface area contributed by atoms with Crippen LogP contribution in [0.5, 0.6) is 0 Å². The molecule has 0 fully saturated rings. The summed E-state index contributed by atoms with van der Waals surface area (Å²) < 4.78 is 0. The van der Waals surface area contributed by atoms with E-state index in [1.54, 1.807) is 0 Å². The van der Waals surface area contributed by atoms with Gasteiger partial charge < -0.3 is 5.32 Å². The quantitative estimate of drug-likeness (QED) is 0.357. The number of unbranched alkanes of at least 4 members (excludes halogenated alkanes) is 2. The Bertz CT molecular complexity index is 1320. The number of hydrogen-bond acceptors (Lipinski definition) is 3. The highest BCUT2D eigenvalue weighted by Crippen LogP contribution is 2.47. The first-order valence-corrected chi connectivity index (χ1v) is 13.5. The summed E-state index contributed by atoms with van der Waals surface area (Å²) in [5, 5.41) is 3.63. The number of ketones is 1. The molecule has 2 atom stereocenters. The zero-order valence-corrected chi connectivity index (χ0v) is 22.1. The van der Waals surface area contributed by atoms with Gasteiger partial charge in [0.1, 0.15) is 0 Å². The van der Waals surface area contributed by atoms with Crippen molar-refractivity contribution in [2.75, 3.05) is 10.2 Å². The van der Waals surface area contributed by atoms with Gasteiger partial charge in [-0.05, 0) is 55.9 Å². The minimum Gasteiger partial charge on any atom is -0.357 e. The number of Topliss-reactive ketones (excluding diaryl/α,β-unsaturated/α-hetero) is 1. The van der Waals surface area contributed by atoms with E-state index in [0.29, 0.717) is 12.8 Å². The molecule has 3 aromatic carbocycles. The van der Waals surface area contributed by atoms with Gasteiger partial charge in [0.25, 0.3) is 0 Å². The van der Waals surface area contributed by atoms with E-state index in [1.807, 2.05) is 29.2 Å². The molecule has 3 aromatic rings. The van der Waals surface area contributed by atoms with E-state index < -0.39 is 6.04 Å². The number of aryl methyl sites for hydroxylation is 2. The van der Waals surface area contributed by atoms with Gasteiger partial charge in [-0.15, -0.1) is 0 Å². The number of benzene rings is 3. The number of para-hydroxylation sites is 2. The predicted octanol–water partition coefficient (Wildman–Crippen LogP) is 7.78. The van der Waals surface area contributed by atoms with Crippen LogP contribution < -0.4 is 10.2 Å². The average Bonchev–Trinajstić information content (AvgIpc) is 3.04. The number of nitrogens with one attached hydrogen (secondary N) is 1. The van der Waals surface area contributed by atoms with Crippen LogP contribution in [0.1, 0.15) is 79.7 Å². The van der Waals surface area contributed by atoms with E-state index in [0.717, 1.165) is 59.5 Å². The number of hydrogen-bond donors (Lipinski definition) is 1. The summed E-state index contributed by atoms with van der Waals surface area (Å²) in [6.45, 7) is 6.29. The van der Waals surface area contributed by atoms with Crippen molar-refractivity contribution in [3.05, 3.63) is 106 Å². The Kier molecular flexibility index (Phi) is 7.27. The summed E-state index contributed by atoms with van der Waals surface area (Å²) in [5.41, 5.74) is 7.90. The molecule has 4 heteroatoms. The van der Waals surface area contributed by atoms with Crippen LogP contribution >= 0.6 is 0 Å². The molecule has 0 bridgehead atoms. The van der Waals surface area contributed by atoms with E-state index in [9.17, 15) is 9.59 Å². The van der Waals surface area contributed by atoms with E-state index >= 15 is 0 Å². The van der Waals surface area contributed by atoms with Crippen molar-refractivity contribution in [3.63, 3.8) is 0 Å². The van der Waals surface area contributed by atoms with Crippen molar-refractivity contribution in [2.24, 2.45) is 0 Å². The molecule has 0 unspecified atom stereocenters. The molecule has 1 aliphatic heterocycles. The van der Waals surface area contributed by atoms with E-state index in [-0.39, 0.29) is 17.6 Å². The van der Waals surface area contributed by atoms with E-state index in [2.05, 4.69) is 74.6 Å². The van der Waals surface area contributed by atoms with Crippen molar-refractivity contribution in [1.82, 2.24) is 0 Å². The van der Waals surface area contributed by atoms with Gasteiger partial charge in [-0.2, -0.15) is 0 Å². The maximum atomic E-state index is 14.0. The third-order valence-electron chi connectivity index (χ3n) is 7.69. The van der Waals surface area contributed by atoms with Crippen LogP contribution in [0.25, 0.3) is 0 Å². The zero-order chi connectivity index (χ0) is 25.9. The van der Waals surface area contributed by atoms with Gasteiger partial charge in [-0.1, -0.05) is 91.6 Å². The van der Waals surface area contributed by atoms with E-state index in [4.69, 9.17) is 0 Å². The maximum Gasteiger partial charge on any atom is 0.227 e. The summed E-state index contributed by atoms with van der Waals surface area (Å²) in [6.07, 6.45) is 4.56. The van der Waals surface area contributed by atoms with Crippen molar-refractivity contribution >= 4 is 23.1 Å². The maximum absolute atomic E-state index is 14.0. The second-order valence-electron chi connectivity index (χ2n) is 10.5. The molecule has 1 N–H and O–H groups in total. The third-order valence-corrected chi connectivity index (χ3v) is 7.69. The lowest BCUT2D eigenvalue weighted by molar-refractivity contribution is -0.119. The summed E-state index contributed by atoms with van der Waals surface area (Å²) in [7, 11) is 0. The van der Waals surface area contributed by atoms with E-state index in [1.165, 1.54) is 11.1 Å². The number of carbonyl (C=O) groups is 2. The topological polar surface area (TPSA) is 49.4 Å². The summed E-state index contributed by atoms with van der Waals surface area (Å²) in [4.78, 5) is 29.8. The third kappa shape index (κ3) is 5.11. The van der Waals surface area contributed by atoms with Crippen LogP contribution in [-0.2, 0) is 9.59 Å².